The number of rotatable bonds is 6. The number of amides is 1. The molecule has 0 unspecified atom stereocenters. The number of nitrogens with zero attached hydrogens (tertiary/aromatic N) is 2. The summed E-state index contributed by atoms with van der Waals surface area (Å²) < 4.78 is 25.5. The van der Waals surface area contributed by atoms with Gasteiger partial charge in [-0.2, -0.15) is 0 Å². The normalized spacial score (nSPS) is 14.8. The van der Waals surface area contributed by atoms with Crippen molar-refractivity contribution in [2.45, 2.75) is 26.4 Å². The standard InChI is InChI=1S/C25H24FN3O3/c1-15-13-27-16(2)24(29-15)22-12-19(26)10-18-11-21(32-25(18)22)14-28-23(30)9-6-17-4-7-20(31-3)8-5-17/h4-10,12-13,21H,11,14H2,1-3H3,(H,28,30)/b9-6+/t21-/m0/s1. The zero-order valence-electron chi connectivity index (χ0n) is 18.2. The second-order valence-corrected chi connectivity index (χ2v) is 7.68. The van der Waals surface area contributed by atoms with Crippen LogP contribution in [0.2, 0.25) is 0 Å². The third-order valence-electron chi connectivity index (χ3n) is 5.24. The molecule has 1 atom stereocenters. The van der Waals surface area contributed by atoms with Crippen LogP contribution in [0.3, 0.4) is 0 Å². The van der Waals surface area contributed by atoms with E-state index in [1.165, 1.54) is 18.2 Å². The van der Waals surface area contributed by atoms with Crippen LogP contribution >= 0.6 is 0 Å². The molecule has 164 valence electrons. The SMILES string of the molecule is COc1ccc(/C=C/C(=O)NC[C@@H]2Cc3cc(F)cc(-c4nc(C)cnc4C)c3O2)cc1. The van der Waals surface area contributed by atoms with Crippen molar-refractivity contribution in [1.82, 2.24) is 15.3 Å². The topological polar surface area (TPSA) is 73.3 Å². The highest BCUT2D eigenvalue weighted by molar-refractivity contribution is 5.91. The van der Waals surface area contributed by atoms with E-state index in [0.29, 0.717) is 35.7 Å². The van der Waals surface area contributed by atoms with Crippen molar-refractivity contribution in [2.24, 2.45) is 0 Å². The zero-order chi connectivity index (χ0) is 22.7. The predicted octanol–water partition coefficient (Wildman–Crippen LogP) is 4.04. The monoisotopic (exact) mass is 433 g/mol. The molecular weight excluding hydrogens is 409 g/mol. The number of carbonyl (C=O) groups is 1. The summed E-state index contributed by atoms with van der Waals surface area (Å²) >= 11 is 0. The van der Waals surface area contributed by atoms with Crippen molar-refractivity contribution in [1.29, 1.82) is 0 Å². The van der Waals surface area contributed by atoms with E-state index in [-0.39, 0.29) is 17.8 Å². The molecule has 1 N–H and O–H groups in total. The van der Waals surface area contributed by atoms with E-state index in [9.17, 15) is 9.18 Å². The lowest BCUT2D eigenvalue weighted by molar-refractivity contribution is -0.116. The first-order valence-corrected chi connectivity index (χ1v) is 10.3. The van der Waals surface area contributed by atoms with Crippen LogP contribution in [0.15, 0.2) is 48.7 Å². The molecule has 0 spiro atoms. The van der Waals surface area contributed by atoms with Crippen LogP contribution in [0.1, 0.15) is 22.5 Å². The molecule has 2 aromatic carbocycles. The third-order valence-corrected chi connectivity index (χ3v) is 5.24. The van der Waals surface area contributed by atoms with E-state index in [1.807, 2.05) is 38.1 Å². The molecule has 4 rings (SSSR count). The smallest absolute Gasteiger partial charge is 0.244 e. The molecule has 1 aromatic heterocycles. The van der Waals surface area contributed by atoms with Gasteiger partial charge < -0.3 is 14.8 Å². The highest BCUT2D eigenvalue weighted by atomic mass is 19.1. The van der Waals surface area contributed by atoms with Gasteiger partial charge in [-0.05, 0) is 49.8 Å². The molecular formula is C25H24FN3O3. The van der Waals surface area contributed by atoms with Gasteiger partial charge in [0.1, 0.15) is 23.4 Å². The molecule has 7 heteroatoms. The Labute approximate surface area is 186 Å². The fourth-order valence-electron chi connectivity index (χ4n) is 3.64. The van der Waals surface area contributed by atoms with Crippen molar-refractivity contribution in [3.05, 3.63) is 77.0 Å². The van der Waals surface area contributed by atoms with Gasteiger partial charge in [-0.15, -0.1) is 0 Å². The van der Waals surface area contributed by atoms with Crippen LogP contribution in [0, 0.1) is 19.7 Å². The first-order chi connectivity index (χ1) is 15.4. The Bertz CT molecular complexity index is 1180. The molecule has 0 bridgehead atoms. The molecule has 1 aliphatic rings. The Hall–Kier alpha value is -3.74. The van der Waals surface area contributed by atoms with Crippen LogP contribution in [0.25, 0.3) is 17.3 Å². The lowest BCUT2D eigenvalue weighted by Gasteiger charge is -2.14. The molecule has 2 heterocycles. The summed E-state index contributed by atoms with van der Waals surface area (Å²) in [5, 5.41) is 2.85. The summed E-state index contributed by atoms with van der Waals surface area (Å²) in [4.78, 5) is 21.1. The second kappa shape index (κ2) is 9.18. The largest absolute Gasteiger partial charge is 0.497 e. The molecule has 1 aliphatic heterocycles. The lowest BCUT2D eigenvalue weighted by atomic mass is 10.0. The predicted molar refractivity (Wildman–Crippen MR) is 120 cm³/mol. The fraction of sp³-hybridized carbons (Fsp3) is 0.240. The maximum absolute atomic E-state index is 14.3. The van der Waals surface area contributed by atoms with Gasteiger partial charge in [0.15, 0.2) is 0 Å². The maximum atomic E-state index is 14.3. The van der Waals surface area contributed by atoms with Gasteiger partial charge in [0.25, 0.3) is 0 Å². The number of benzene rings is 2. The minimum atomic E-state index is -0.350. The lowest BCUT2D eigenvalue weighted by Crippen LogP contribution is -2.33. The van der Waals surface area contributed by atoms with Crippen LogP contribution < -0.4 is 14.8 Å². The molecule has 32 heavy (non-hydrogen) atoms. The summed E-state index contributed by atoms with van der Waals surface area (Å²) in [7, 11) is 1.61. The first kappa shape index (κ1) is 21.5. The zero-order valence-corrected chi connectivity index (χ0v) is 18.2. The minimum Gasteiger partial charge on any atom is -0.497 e. The number of nitrogens with one attached hydrogen (secondary N) is 1. The van der Waals surface area contributed by atoms with Crippen molar-refractivity contribution in [2.75, 3.05) is 13.7 Å². The summed E-state index contributed by atoms with van der Waals surface area (Å²) in [6, 6.07) is 10.3. The molecule has 0 fully saturated rings. The average molecular weight is 433 g/mol. The van der Waals surface area contributed by atoms with Crippen LogP contribution in [-0.4, -0.2) is 35.6 Å². The second-order valence-electron chi connectivity index (χ2n) is 7.68. The van der Waals surface area contributed by atoms with Gasteiger partial charge in [-0.1, -0.05) is 12.1 Å². The van der Waals surface area contributed by atoms with Gasteiger partial charge in [0, 0.05) is 29.8 Å². The molecule has 0 radical (unpaired) electrons. The highest BCUT2D eigenvalue weighted by Crippen LogP contribution is 2.39. The summed E-state index contributed by atoms with van der Waals surface area (Å²) in [5.74, 6) is 0.777. The quantitative estimate of drug-likeness (QED) is 0.594. The number of carbonyl (C=O) groups excluding carboxylic acids is 1. The van der Waals surface area contributed by atoms with E-state index >= 15 is 0 Å². The molecule has 0 saturated carbocycles. The summed E-state index contributed by atoms with van der Waals surface area (Å²) in [5.41, 5.74) is 4.28. The van der Waals surface area contributed by atoms with E-state index in [0.717, 1.165) is 22.6 Å². The number of aryl methyl sites for hydroxylation is 2. The third kappa shape index (κ3) is 4.77. The number of halogens is 1. The van der Waals surface area contributed by atoms with Gasteiger partial charge in [-0.3, -0.25) is 9.78 Å². The van der Waals surface area contributed by atoms with E-state index < -0.39 is 0 Å². The number of hydrogen-bond acceptors (Lipinski definition) is 5. The van der Waals surface area contributed by atoms with E-state index in [1.54, 1.807) is 19.4 Å². The fourth-order valence-corrected chi connectivity index (χ4v) is 3.64. The Kier molecular flexibility index (Phi) is 6.16. The molecule has 6 nitrogen and oxygen atoms in total. The Morgan fingerprint density at radius 1 is 1.28 bits per heavy atom. The van der Waals surface area contributed by atoms with Gasteiger partial charge >= 0.3 is 0 Å². The van der Waals surface area contributed by atoms with Crippen molar-refractivity contribution in [3.8, 4) is 22.8 Å². The first-order valence-electron chi connectivity index (χ1n) is 10.3. The molecule has 3 aromatic rings. The number of aromatic nitrogens is 2. The number of hydrogen-bond donors (Lipinski definition) is 1. The molecule has 0 saturated heterocycles. The van der Waals surface area contributed by atoms with Gasteiger partial charge in [-0.25, -0.2) is 9.37 Å². The molecule has 1 amide bonds. The Morgan fingerprint density at radius 3 is 2.81 bits per heavy atom. The summed E-state index contributed by atoms with van der Waals surface area (Å²) in [6.45, 7) is 3.98. The van der Waals surface area contributed by atoms with Gasteiger partial charge in [0.2, 0.25) is 5.91 Å². The van der Waals surface area contributed by atoms with Crippen molar-refractivity contribution >= 4 is 12.0 Å². The van der Waals surface area contributed by atoms with Crippen molar-refractivity contribution < 1.29 is 18.7 Å². The van der Waals surface area contributed by atoms with Crippen LogP contribution in [0.5, 0.6) is 11.5 Å². The highest BCUT2D eigenvalue weighted by Gasteiger charge is 2.28. The van der Waals surface area contributed by atoms with E-state index in [2.05, 4.69) is 15.3 Å². The Morgan fingerprint density at radius 2 is 2.06 bits per heavy atom. The van der Waals surface area contributed by atoms with E-state index in [4.69, 9.17) is 9.47 Å². The van der Waals surface area contributed by atoms with Gasteiger partial charge in [0.05, 0.1) is 30.7 Å². The number of fused-ring (bicyclic) bond motifs is 1. The molecule has 0 aliphatic carbocycles. The van der Waals surface area contributed by atoms with Crippen LogP contribution in [0.4, 0.5) is 4.39 Å². The number of ether oxygens (including phenoxy) is 2. The number of methoxy groups -OCH3 is 1. The summed E-state index contributed by atoms with van der Waals surface area (Å²) in [6.07, 6.45) is 5.09. The average Bonchev–Trinajstić information content (AvgIpc) is 3.20. The minimum absolute atomic E-state index is 0.229. The Balaban J connectivity index is 1.42. The maximum Gasteiger partial charge on any atom is 0.244 e. The van der Waals surface area contributed by atoms with Crippen molar-refractivity contribution in [3.63, 3.8) is 0 Å². The van der Waals surface area contributed by atoms with Crippen LogP contribution in [-0.2, 0) is 11.2 Å².